The quantitative estimate of drug-likeness (QED) is 0.877. The van der Waals surface area contributed by atoms with Crippen molar-refractivity contribution in [2.24, 2.45) is 0 Å². The number of hydrogen-bond donors (Lipinski definition) is 2. The third-order valence-electron chi connectivity index (χ3n) is 3.63. The van der Waals surface area contributed by atoms with Crippen molar-refractivity contribution in [2.45, 2.75) is 51.5 Å². The van der Waals surface area contributed by atoms with Crippen molar-refractivity contribution in [3.63, 3.8) is 0 Å². The van der Waals surface area contributed by atoms with Crippen molar-refractivity contribution >= 4 is 15.9 Å². The van der Waals surface area contributed by atoms with Crippen molar-refractivity contribution in [2.75, 3.05) is 6.61 Å². The zero-order valence-electron chi connectivity index (χ0n) is 12.0. The van der Waals surface area contributed by atoms with Crippen LogP contribution in [0, 0.1) is 0 Å². The molecule has 0 saturated carbocycles. The van der Waals surface area contributed by atoms with Gasteiger partial charge in [-0.15, -0.1) is 0 Å². The highest BCUT2D eigenvalue weighted by Crippen LogP contribution is 2.34. The number of hydrogen-bond acceptors (Lipinski definition) is 3. The summed E-state index contributed by atoms with van der Waals surface area (Å²) in [6, 6.07) is 5.84. The smallest absolute Gasteiger partial charge is 0.208 e. The second-order valence-electron chi connectivity index (χ2n) is 5.94. The van der Waals surface area contributed by atoms with E-state index < -0.39 is 5.79 Å². The number of aliphatic hydroxyl groups is 1. The normalized spacial score (nSPS) is 30.3. The van der Waals surface area contributed by atoms with E-state index in [1.165, 1.54) is 5.56 Å². The fourth-order valence-electron chi connectivity index (χ4n) is 2.54. The summed E-state index contributed by atoms with van der Waals surface area (Å²) in [6.45, 7) is 8.67. The molecule has 0 aliphatic carbocycles. The van der Waals surface area contributed by atoms with Crippen LogP contribution < -0.4 is 5.32 Å². The molecule has 0 aromatic heterocycles. The number of benzene rings is 1. The minimum atomic E-state index is -1.27. The Kier molecular flexibility index (Phi) is 4.07. The molecule has 1 fully saturated rings. The molecule has 2 atom stereocenters. The molecule has 106 valence electrons. The zero-order chi connectivity index (χ0) is 14.3. The van der Waals surface area contributed by atoms with Gasteiger partial charge in [0, 0.05) is 15.6 Å². The van der Waals surface area contributed by atoms with Gasteiger partial charge in [0.15, 0.2) is 0 Å². The zero-order valence-corrected chi connectivity index (χ0v) is 13.5. The van der Waals surface area contributed by atoms with E-state index in [0.29, 0.717) is 6.61 Å². The highest BCUT2D eigenvalue weighted by atomic mass is 79.9. The molecule has 19 heavy (non-hydrogen) atoms. The standard InChI is InChI=1S/C15H22BrNO2/c1-5-11-6-12(8-13(16)7-11)15(18)10(2)17-14(3,4)9-19-15/h6-8,10,17-18H,5,9H2,1-4H3. The molecular weight excluding hydrogens is 306 g/mol. The van der Waals surface area contributed by atoms with Crippen molar-refractivity contribution in [3.05, 3.63) is 33.8 Å². The monoisotopic (exact) mass is 327 g/mol. The van der Waals surface area contributed by atoms with E-state index in [0.717, 1.165) is 16.5 Å². The molecule has 4 heteroatoms. The summed E-state index contributed by atoms with van der Waals surface area (Å²) in [5, 5.41) is 14.3. The summed E-state index contributed by atoms with van der Waals surface area (Å²) < 4.78 is 6.77. The minimum Gasteiger partial charge on any atom is -0.361 e. The maximum Gasteiger partial charge on any atom is 0.208 e. The second kappa shape index (κ2) is 5.17. The van der Waals surface area contributed by atoms with Crippen LogP contribution in [0.5, 0.6) is 0 Å². The van der Waals surface area contributed by atoms with Crippen LogP contribution in [0.15, 0.2) is 22.7 Å². The van der Waals surface area contributed by atoms with E-state index >= 15 is 0 Å². The Morgan fingerprint density at radius 2 is 2.11 bits per heavy atom. The van der Waals surface area contributed by atoms with Crippen LogP contribution >= 0.6 is 15.9 Å². The van der Waals surface area contributed by atoms with Gasteiger partial charge < -0.3 is 15.2 Å². The fraction of sp³-hybridized carbons (Fsp3) is 0.600. The summed E-state index contributed by atoms with van der Waals surface area (Å²) in [5.74, 6) is -1.27. The average molecular weight is 328 g/mol. The van der Waals surface area contributed by atoms with E-state index in [1.54, 1.807) is 0 Å². The Labute approximate surface area is 123 Å². The third kappa shape index (κ3) is 3.02. The molecule has 0 amide bonds. The summed E-state index contributed by atoms with van der Waals surface area (Å²) in [4.78, 5) is 0. The largest absolute Gasteiger partial charge is 0.361 e. The van der Waals surface area contributed by atoms with Gasteiger partial charge in [-0.1, -0.05) is 28.9 Å². The van der Waals surface area contributed by atoms with Gasteiger partial charge >= 0.3 is 0 Å². The minimum absolute atomic E-state index is 0.120. The van der Waals surface area contributed by atoms with Crippen LogP contribution in [0.2, 0.25) is 0 Å². The van der Waals surface area contributed by atoms with Crippen molar-refractivity contribution in [1.29, 1.82) is 0 Å². The SMILES string of the molecule is CCc1cc(Br)cc(C2(O)OCC(C)(C)NC2C)c1. The van der Waals surface area contributed by atoms with E-state index in [9.17, 15) is 5.11 Å². The van der Waals surface area contributed by atoms with Gasteiger partial charge in [0.1, 0.15) is 0 Å². The number of aryl methyl sites for hydroxylation is 1. The van der Waals surface area contributed by atoms with Gasteiger partial charge in [0.2, 0.25) is 5.79 Å². The van der Waals surface area contributed by atoms with Crippen LogP contribution in [0.3, 0.4) is 0 Å². The van der Waals surface area contributed by atoms with E-state index in [2.05, 4.69) is 48.1 Å². The molecule has 1 heterocycles. The van der Waals surface area contributed by atoms with Crippen LogP contribution in [0.1, 0.15) is 38.8 Å². The third-order valence-corrected chi connectivity index (χ3v) is 4.08. The maximum absolute atomic E-state index is 10.9. The van der Waals surface area contributed by atoms with Crippen molar-refractivity contribution < 1.29 is 9.84 Å². The van der Waals surface area contributed by atoms with Crippen molar-refractivity contribution in [1.82, 2.24) is 5.32 Å². The van der Waals surface area contributed by atoms with E-state index in [1.807, 2.05) is 19.1 Å². The Morgan fingerprint density at radius 1 is 1.42 bits per heavy atom. The Hall–Kier alpha value is -0.420. The summed E-state index contributed by atoms with van der Waals surface area (Å²) in [6.07, 6.45) is 0.926. The van der Waals surface area contributed by atoms with Gasteiger partial charge in [-0.2, -0.15) is 0 Å². The molecular formula is C15H22BrNO2. The molecule has 2 unspecified atom stereocenters. The first-order valence-corrected chi connectivity index (χ1v) is 7.50. The number of halogens is 1. The van der Waals surface area contributed by atoms with Gasteiger partial charge in [-0.05, 0) is 44.9 Å². The average Bonchev–Trinajstić information content (AvgIpc) is 2.33. The molecule has 0 radical (unpaired) electrons. The fourth-order valence-corrected chi connectivity index (χ4v) is 3.08. The molecule has 3 nitrogen and oxygen atoms in total. The molecule has 2 N–H and O–H groups in total. The van der Waals surface area contributed by atoms with Gasteiger partial charge in [0.05, 0.1) is 12.6 Å². The number of ether oxygens (including phenoxy) is 1. The lowest BCUT2D eigenvalue weighted by atomic mass is 9.91. The lowest BCUT2D eigenvalue weighted by Gasteiger charge is -2.46. The molecule has 1 aromatic carbocycles. The summed E-state index contributed by atoms with van der Waals surface area (Å²) in [5.41, 5.74) is 1.86. The van der Waals surface area contributed by atoms with Crippen LogP contribution in [0.25, 0.3) is 0 Å². The summed E-state index contributed by atoms with van der Waals surface area (Å²) in [7, 11) is 0. The molecule has 1 aliphatic heterocycles. The molecule has 0 bridgehead atoms. The maximum atomic E-state index is 10.9. The first-order chi connectivity index (χ1) is 8.77. The first kappa shape index (κ1) is 15.0. The predicted molar refractivity (Wildman–Crippen MR) is 80.0 cm³/mol. The second-order valence-corrected chi connectivity index (χ2v) is 6.85. The lowest BCUT2D eigenvalue weighted by Crippen LogP contribution is -2.63. The lowest BCUT2D eigenvalue weighted by molar-refractivity contribution is -0.263. The van der Waals surface area contributed by atoms with Gasteiger partial charge in [-0.25, -0.2) is 0 Å². The first-order valence-electron chi connectivity index (χ1n) is 6.71. The van der Waals surface area contributed by atoms with Crippen LogP contribution in [-0.4, -0.2) is 23.3 Å². The highest BCUT2D eigenvalue weighted by molar-refractivity contribution is 9.10. The van der Waals surface area contributed by atoms with Crippen molar-refractivity contribution in [3.8, 4) is 0 Å². The van der Waals surface area contributed by atoms with E-state index in [4.69, 9.17) is 4.74 Å². The molecule has 0 spiro atoms. The highest BCUT2D eigenvalue weighted by Gasteiger charge is 2.44. The Bertz CT molecular complexity index is 475. The molecule has 1 aliphatic rings. The predicted octanol–water partition coefficient (Wildman–Crippen LogP) is 2.94. The molecule has 2 rings (SSSR count). The topological polar surface area (TPSA) is 41.5 Å². The number of morpholine rings is 1. The molecule has 1 aromatic rings. The van der Waals surface area contributed by atoms with Gasteiger partial charge in [0.25, 0.3) is 0 Å². The number of rotatable bonds is 2. The number of nitrogens with one attached hydrogen (secondary N) is 1. The Balaban J connectivity index is 2.37. The van der Waals surface area contributed by atoms with Gasteiger partial charge in [-0.3, -0.25) is 0 Å². The van der Waals surface area contributed by atoms with Crippen LogP contribution in [-0.2, 0) is 16.9 Å². The van der Waals surface area contributed by atoms with E-state index in [-0.39, 0.29) is 11.6 Å². The summed E-state index contributed by atoms with van der Waals surface area (Å²) >= 11 is 3.50. The molecule has 1 saturated heterocycles. The Morgan fingerprint density at radius 3 is 2.68 bits per heavy atom. The van der Waals surface area contributed by atoms with Crippen LogP contribution in [0.4, 0.5) is 0 Å².